The van der Waals surface area contributed by atoms with Crippen LogP contribution in [0.4, 0.5) is 0 Å². The van der Waals surface area contributed by atoms with Gasteiger partial charge in [0, 0.05) is 41.9 Å². The van der Waals surface area contributed by atoms with Gasteiger partial charge in [-0.2, -0.15) is 5.10 Å². The van der Waals surface area contributed by atoms with E-state index < -0.39 is 0 Å². The molecular formula is C24H28ClN3O3. The van der Waals surface area contributed by atoms with Crippen molar-refractivity contribution in [2.24, 2.45) is 0 Å². The number of benzene rings is 1. The molecule has 6 nitrogen and oxygen atoms in total. The Labute approximate surface area is 187 Å². The van der Waals surface area contributed by atoms with E-state index in [2.05, 4.69) is 11.5 Å². The summed E-state index contributed by atoms with van der Waals surface area (Å²) in [6.45, 7) is 7.78. The topological polar surface area (TPSA) is 69.3 Å². The van der Waals surface area contributed by atoms with Gasteiger partial charge in [0.1, 0.15) is 5.76 Å². The highest BCUT2D eigenvalue weighted by Gasteiger charge is 2.29. The molecule has 7 heteroatoms. The standard InChI is InChI=1S/C24H28ClN3O3/c1-15(2)30-12-4-11-26-24(29)23-16(3)21-20(31-23)10-7-18-14-28(27-22(18)21)13-17-5-8-19(25)9-6-17/h5-6,8-9,14-15H,4,7,10-13H2,1-3H3,(H,26,29). The summed E-state index contributed by atoms with van der Waals surface area (Å²) in [6, 6.07) is 7.79. The number of fused-ring (bicyclic) bond motifs is 3. The lowest BCUT2D eigenvalue weighted by molar-refractivity contribution is 0.0753. The molecule has 0 radical (unpaired) electrons. The molecule has 164 valence electrons. The van der Waals surface area contributed by atoms with Gasteiger partial charge >= 0.3 is 0 Å². The number of nitrogens with zero attached hydrogens (tertiary/aromatic N) is 2. The maximum absolute atomic E-state index is 12.7. The Morgan fingerprint density at radius 3 is 2.81 bits per heavy atom. The summed E-state index contributed by atoms with van der Waals surface area (Å²) in [4.78, 5) is 12.7. The van der Waals surface area contributed by atoms with Crippen molar-refractivity contribution in [3.8, 4) is 11.3 Å². The van der Waals surface area contributed by atoms with Crippen LogP contribution < -0.4 is 5.32 Å². The second-order valence-electron chi connectivity index (χ2n) is 8.21. The van der Waals surface area contributed by atoms with Crippen LogP contribution in [-0.4, -0.2) is 34.9 Å². The zero-order valence-electron chi connectivity index (χ0n) is 18.2. The van der Waals surface area contributed by atoms with E-state index in [-0.39, 0.29) is 12.0 Å². The molecule has 0 fully saturated rings. The number of carbonyl (C=O) groups is 1. The summed E-state index contributed by atoms with van der Waals surface area (Å²) in [5, 5.41) is 8.48. The Balaban J connectivity index is 1.48. The van der Waals surface area contributed by atoms with E-state index in [1.54, 1.807) is 0 Å². The molecule has 1 aliphatic carbocycles. The number of carbonyl (C=O) groups excluding carboxylic acids is 1. The fourth-order valence-electron chi connectivity index (χ4n) is 3.91. The number of ether oxygens (including phenoxy) is 1. The van der Waals surface area contributed by atoms with Crippen LogP contribution in [0.2, 0.25) is 5.02 Å². The summed E-state index contributed by atoms with van der Waals surface area (Å²) in [5.41, 5.74) is 5.05. The molecule has 0 bridgehead atoms. The van der Waals surface area contributed by atoms with E-state index in [9.17, 15) is 4.79 Å². The third-order valence-electron chi connectivity index (χ3n) is 5.44. The molecule has 3 aromatic rings. The summed E-state index contributed by atoms with van der Waals surface area (Å²) in [5.74, 6) is 1.04. The molecule has 31 heavy (non-hydrogen) atoms. The van der Waals surface area contributed by atoms with Crippen molar-refractivity contribution < 1.29 is 13.9 Å². The molecule has 0 aliphatic heterocycles. The van der Waals surface area contributed by atoms with Crippen molar-refractivity contribution in [2.75, 3.05) is 13.2 Å². The number of hydrogen-bond acceptors (Lipinski definition) is 4. The first kappa shape index (κ1) is 21.7. The highest BCUT2D eigenvalue weighted by Crippen LogP contribution is 2.38. The van der Waals surface area contributed by atoms with Gasteiger partial charge in [0.05, 0.1) is 18.3 Å². The molecule has 1 amide bonds. The van der Waals surface area contributed by atoms with E-state index in [0.29, 0.717) is 25.5 Å². The normalized spacial score (nSPS) is 12.7. The maximum atomic E-state index is 12.7. The van der Waals surface area contributed by atoms with Gasteiger partial charge in [-0.05, 0) is 56.9 Å². The van der Waals surface area contributed by atoms with Gasteiger partial charge in [-0.3, -0.25) is 9.48 Å². The molecule has 2 aromatic heterocycles. The average molecular weight is 442 g/mol. The largest absolute Gasteiger partial charge is 0.455 e. The third kappa shape index (κ3) is 4.86. The van der Waals surface area contributed by atoms with Gasteiger partial charge in [-0.1, -0.05) is 23.7 Å². The third-order valence-corrected chi connectivity index (χ3v) is 5.69. The summed E-state index contributed by atoms with van der Waals surface area (Å²) < 4.78 is 13.4. The van der Waals surface area contributed by atoms with Crippen molar-refractivity contribution >= 4 is 17.5 Å². The zero-order chi connectivity index (χ0) is 22.0. The van der Waals surface area contributed by atoms with E-state index in [0.717, 1.165) is 52.4 Å². The predicted octanol–water partition coefficient (Wildman–Crippen LogP) is 4.80. The van der Waals surface area contributed by atoms with E-state index in [1.807, 2.05) is 49.7 Å². The molecule has 0 spiro atoms. The first-order valence-corrected chi connectivity index (χ1v) is 11.1. The molecule has 0 unspecified atom stereocenters. The summed E-state index contributed by atoms with van der Waals surface area (Å²) >= 11 is 5.99. The number of furan rings is 1. The molecule has 0 atom stereocenters. The Kier molecular flexibility index (Phi) is 6.49. The number of aromatic nitrogens is 2. The quantitative estimate of drug-likeness (QED) is 0.510. The minimum Gasteiger partial charge on any atom is -0.455 e. The Bertz CT molecular complexity index is 1070. The molecule has 4 rings (SSSR count). The van der Waals surface area contributed by atoms with Gasteiger partial charge in [0.15, 0.2) is 5.76 Å². The van der Waals surface area contributed by atoms with E-state index in [1.165, 1.54) is 5.56 Å². The molecule has 0 saturated heterocycles. The van der Waals surface area contributed by atoms with Crippen molar-refractivity contribution in [3.63, 3.8) is 0 Å². The molecule has 0 saturated carbocycles. The van der Waals surface area contributed by atoms with Crippen LogP contribution in [0.1, 0.15) is 53.3 Å². The molecular weight excluding hydrogens is 414 g/mol. The molecule has 1 aliphatic rings. The van der Waals surface area contributed by atoms with Crippen LogP contribution in [0.15, 0.2) is 34.9 Å². The Hall–Kier alpha value is -2.57. The highest BCUT2D eigenvalue weighted by molar-refractivity contribution is 6.30. The van der Waals surface area contributed by atoms with Gasteiger partial charge < -0.3 is 14.5 Å². The lowest BCUT2D eigenvalue weighted by Gasteiger charge is -2.09. The van der Waals surface area contributed by atoms with Crippen LogP contribution >= 0.6 is 11.6 Å². The number of aryl methyl sites for hydroxylation is 2. The van der Waals surface area contributed by atoms with Crippen LogP contribution in [0.25, 0.3) is 11.3 Å². The van der Waals surface area contributed by atoms with Gasteiger partial charge in [0.2, 0.25) is 0 Å². The predicted molar refractivity (Wildman–Crippen MR) is 121 cm³/mol. The average Bonchev–Trinajstić information content (AvgIpc) is 3.29. The fraction of sp³-hybridized carbons (Fsp3) is 0.417. The van der Waals surface area contributed by atoms with Crippen molar-refractivity contribution in [1.82, 2.24) is 15.1 Å². The van der Waals surface area contributed by atoms with Crippen molar-refractivity contribution in [1.29, 1.82) is 0 Å². The molecule has 1 N–H and O–H groups in total. The molecule has 2 heterocycles. The fourth-order valence-corrected chi connectivity index (χ4v) is 4.04. The Morgan fingerprint density at radius 1 is 1.29 bits per heavy atom. The van der Waals surface area contributed by atoms with Crippen molar-refractivity contribution in [3.05, 3.63) is 63.7 Å². The van der Waals surface area contributed by atoms with Gasteiger partial charge in [0.25, 0.3) is 5.91 Å². The Morgan fingerprint density at radius 2 is 2.06 bits per heavy atom. The second kappa shape index (κ2) is 9.28. The first-order valence-electron chi connectivity index (χ1n) is 10.8. The second-order valence-corrected chi connectivity index (χ2v) is 8.65. The van der Waals surface area contributed by atoms with Crippen LogP contribution in [0, 0.1) is 6.92 Å². The van der Waals surface area contributed by atoms with Crippen LogP contribution in [0.3, 0.4) is 0 Å². The zero-order valence-corrected chi connectivity index (χ0v) is 19.0. The molecule has 1 aromatic carbocycles. The van der Waals surface area contributed by atoms with Crippen LogP contribution in [0.5, 0.6) is 0 Å². The lowest BCUT2D eigenvalue weighted by Crippen LogP contribution is -2.25. The van der Waals surface area contributed by atoms with Gasteiger partial charge in [-0.25, -0.2) is 0 Å². The highest BCUT2D eigenvalue weighted by atomic mass is 35.5. The monoisotopic (exact) mass is 441 g/mol. The SMILES string of the molecule is Cc1c(C(=O)NCCCOC(C)C)oc2c1-c1nn(Cc3ccc(Cl)cc3)cc1CC2. The first-order chi connectivity index (χ1) is 14.9. The smallest absolute Gasteiger partial charge is 0.287 e. The lowest BCUT2D eigenvalue weighted by atomic mass is 9.93. The number of amides is 1. The number of halogens is 1. The number of nitrogens with one attached hydrogen (secondary N) is 1. The minimum atomic E-state index is -0.182. The van der Waals surface area contributed by atoms with Gasteiger partial charge in [-0.15, -0.1) is 0 Å². The van der Waals surface area contributed by atoms with E-state index >= 15 is 0 Å². The van der Waals surface area contributed by atoms with Crippen molar-refractivity contribution in [2.45, 2.75) is 52.7 Å². The minimum absolute atomic E-state index is 0.182. The number of hydrogen-bond donors (Lipinski definition) is 1. The summed E-state index contributed by atoms with van der Waals surface area (Å²) in [7, 11) is 0. The van der Waals surface area contributed by atoms with Crippen LogP contribution in [-0.2, 0) is 24.1 Å². The number of rotatable bonds is 8. The maximum Gasteiger partial charge on any atom is 0.287 e. The summed E-state index contributed by atoms with van der Waals surface area (Å²) in [6.07, 6.45) is 4.68. The van der Waals surface area contributed by atoms with E-state index in [4.69, 9.17) is 25.9 Å².